The first-order valence-corrected chi connectivity index (χ1v) is 9.66. The van der Waals surface area contributed by atoms with Crippen molar-refractivity contribution < 1.29 is 14.0 Å². The van der Waals surface area contributed by atoms with Crippen molar-refractivity contribution in [2.45, 2.75) is 45.7 Å². The van der Waals surface area contributed by atoms with E-state index in [1.165, 1.54) is 17.7 Å². The van der Waals surface area contributed by atoms with Crippen LogP contribution in [-0.2, 0) is 21.7 Å². The Morgan fingerprint density at radius 1 is 1.21 bits per heavy atom. The van der Waals surface area contributed by atoms with E-state index in [9.17, 15) is 14.0 Å². The molecule has 0 bridgehead atoms. The van der Waals surface area contributed by atoms with Gasteiger partial charge in [-0.2, -0.15) is 0 Å². The summed E-state index contributed by atoms with van der Waals surface area (Å²) in [5, 5.41) is 3.13. The van der Waals surface area contributed by atoms with Crippen molar-refractivity contribution in [3.05, 3.63) is 71.0 Å². The third kappa shape index (κ3) is 4.77. The van der Waals surface area contributed by atoms with Crippen LogP contribution in [0.15, 0.2) is 48.5 Å². The summed E-state index contributed by atoms with van der Waals surface area (Å²) >= 11 is 0. The molecule has 0 aliphatic carbocycles. The predicted octanol–water partition coefficient (Wildman–Crippen LogP) is 3.92. The van der Waals surface area contributed by atoms with Crippen molar-refractivity contribution in [3.63, 3.8) is 0 Å². The third-order valence-corrected chi connectivity index (χ3v) is 5.34. The zero-order valence-corrected chi connectivity index (χ0v) is 16.7. The first-order valence-electron chi connectivity index (χ1n) is 9.66. The lowest BCUT2D eigenvalue weighted by molar-refractivity contribution is -0.139. The van der Waals surface area contributed by atoms with Crippen LogP contribution >= 0.6 is 0 Å². The Morgan fingerprint density at radius 3 is 2.61 bits per heavy atom. The van der Waals surface area contributed by atoms with Gasteiger partial charge in [0.1, 0.15) is 5.82 Å². The minimum Gasteiger partial charge on any atom is -0.347 e. The van der Waals surface area contributed by atoms with E-state index in [4.69, 9.17) is 0 Å². The van der Waals surface area contributed by atoms with Gasteiger partial charge < -0.3 is 10.2 Å². The number of carbonyl (C=O) groups excluding carboxylic acids is 2. The number of hydrogen-bond acceptors (Lipinski definition) is 2. The van der Waals surface area contributed by atoms with Gasteiger partial charge in [0.15, 0.2) is 0 Å². The number of aryl methyl sites for hydroxylation is 1. The summed E-state index contributed by atoms with van der Waals surface area (Å²) in [5.74, 6) is -0.638. The lowest BCUT2D eigenvalue weighted by Crippen LogP contribution is -2.49. The third-order valence-electron chi connectivity index (χ3n) is 5.34. The van der Waals surface area contributed by atoms with Crippen molar-refractivity contribution in [3.8, 4) is 0 Å². The molecule has 0 radical (unpaired) electrons. The van der Waals surface area contributed by atoms with Crippen LogP contribution in [0.3, 0.4) is 0 Å². The molecule has 4 nitrogen and oxygen atoms in total. The molecule has 0 aromatic heterocycles. The van der Waals surface area contributed by atoms with E-state index in [1.54, 1.807) is 17.0 Å². The Balaban J connectivity index is 1.66. The fourth-order valence-corrected chi connectivity index (χ4v) is 3.59. The van der Waals surface area contributed by atoms with Crippen LogP contribution in [-0.4, -0.2) is 23.3 Å². The number of halogens is 1. The Kier molecular flexibility index (Phi) is 5.82. The van der Waals surface area contributed by atoms with Gasteiger partial charge in [0.25, 0.3) is 0 Å². The summed E-state index contributed by atoms with van der Waals surface area (Å²) in [7, 11) is 0. The van der Waals surface area contributed by atoms with E-state index >= 15 is 0 Å². The van der Waals surface area contributed by atoms with E-state index in [0.717, 1.165) is 11.1 Å². The van der Waals surface area contributed by atoms with Crippen molar-refractivity contribution in [1.82, 2.24) is 10.2 Å². The number of rotatable bonds is 5. The number of likely N-dealkylation sites (tertiary alicyclic amines) is 1. The first kappa shape index (κ1) is 20.1. The summed E-state index contributed by atoms with van der Waals surface area (Å²) in [5.41, 5.74) is 2.44. The fraction of sp³-hybridized carbons (Fsp3) is 0.391. The number of piperidine rings is 1. The highest BCUT2D eigenvalue weighted by molar-refractivity contribution is 5.84. The SMILES string of the molecule is Cc1ccc(C(C)(C)NC(=O)[C@@H]2CCC(=O)N(Cc3cccc(F)c3)C2)cc1. The molecule has 2 aromatic rings. The summed E-state index contributed by atoms with van der Waals surface area (Å²) in [6, 6.07) is 14.3. The highest BCUT2D eigenvalue weighted by Gasteiger charge is 2.33. The van der Waals surface area contributed by atoms with Gasteiger partial charge in [0, 0.05) is 19.5 Å². The zero-order valence-electron chi connectivity index (χ0n) is 16.7. The van der Waals surface area contributed by atoms with E-state index in [1.807, 2.05) is 45.0 Å². The molecular formula is C23H27FN2O2. The van der Waals surface area contributed by atoms with Crippen LogP contribution < -0.4 is 5.32 Å². The molecule has 0 unspecified atom stereocenters. The van der Waals surface area contributed by atoms with Crippen molar-refractivity contribution in [2.75, 3.05) is 6.54 Å². The second-order valence-corrected chi connectivity index (χ2v) is 8.12. The summed E-state index contributed by atoms with van der Waals surface area (Å²) < 4.78 is 13.4. The largest absolute Gasteiger partial charge is 0.347 e. The van der Waals surface area contributed by atoms with E-state index in [2.05, 4.69) is 5.32 Å². The number of amides is 2. The molecule has 2 amide bonds. The molecule has 3 rings (SSSR count). The van der Waals surface area contributed by atoms with Crippen molar-refractivity contribution in [2.24, 2.45) is 5.92 Å². The standard InChI is InChI=1S/C23H27FN2O2/c1-16-7-10-19(11-8-16)23(2,3)25-22(28)18-9-12-21(27)26(15-18)14-17-5-4-6-20(24)13-17/h4-8,10-11,13,18H,9,12,14-15H2,1-3H3,(H,25,28)/t18-/m1/s1. The van der Waals surface area contributed by atoms with Crippen LogP contribution in [0.2, 0.25) is 0 Å². The minimum atomic E-state index is -0.500. The van der Waals surface area contributed by atoms with E-state index in [0.29, 0.717) is 25.9 Å². The van der Waals surface area contributed by atoms with Gasteiger partial charge in [-0.05, 0) is 50.5 Å². The summed E-state index contributed by atoms with van der Waals surface area (Å²) in [4.78, 5) is 26.8. The van der Waals surface area contributed by atoms with Crippen LogP contribution in [0.5, 0.6) is 0 Å². The lowest BCUT2D eigenvalue weighted by atomic mass is 9.90. The number of carbonyl (C=O) groups is 2. The normalized spacial score (nSPS) is 17.5. The van der Waals surface area contributed by atoms with Gasteiger partial charge in [-0.1, -0.05) is 42.0 Å². The molecule has 1 aliphatic heterocycles. The van der Waals surface area contributed by atoms with Gasteiger partial charge in [-0.25, -0.2) is 4.39 Å². The molecule has 2 aromatic carbocycles. The predicted molar refractivity (Wildman–Crippen MR) is 107 cm³/mol. The number of benzene rings is 2. The summed E-state index contributed by atoms with van der Waals surface area (Å²) in [6.07, 6.45) is 0.868. The zero-order chi connectivity index (χ0) is 20.3. The summed E-state index contributed by atoms with van der Waals surface area (Å²) in [6.45, 7) is 6.66. The average molecular weight is 382 g/mol. The van der Waals surface area contributed by atoms with Gasteiger partial charge in [-0.3, -0.25) is 9.59 Å². The number of hydrogen-bond donors (Lipinski definition) is 1. The quantitative estimate of drug-likeness (QED) is 0.852. The van der Waals surface area contributed by atoms with E-state index < -0.39 is 5.54 Å². The molecule has 1 saturated heterocycles. The van der Waals surface area contributed by atoms with Crippen LogP contribution in [0.4, 0.5) is 4.39 Å². The Bertz CT molecular complexity index is 861. The van der Waals surface area contributed by atoms with Crippen molar-refractivity contribution >= 4 is 11.8 Å². The highest BCUT2D eigenvalue weighted by atomic mass is 19.1. The Morgan fingerprint density at radius 2 is 1.93 bits per heavy atom. The maximum Gasteiger partial charge on any atom is 0.225 e. The molecule has 1 heterocycles. The number of nitrogens with one attached hydrogen (secondary N) is 1. The molecule has 148 valence electrons. The second kappa shape index (κ2) is 8.13. The topological polar surface area (TPSA) is 49.4 Å². The second-order valence-electron chi connectivity index (χ2n) is 8.12. The van der Waals surface area contributed by atoms with Gasteiger partial charge >= 0.3 is 0 Å². The smallest absolute Gasteiger partial charge is 0.225 e. The Labute approximate surface area is 165 Å². The maximum absolute atomic E-state index is 13.4. The molecule has 1 fully saturated rings. The van der Waals surface area contributed by atoms with Crippen LogP contribution in [0.25, 0.3) is 0 Å². The van der Waals surface area contributed by atoms with Crippen molar-refractivity contribution in [1.29, 1.82) is 0 Å². The molecule has 0 spiro atoms. The molecule has 0 saturated carbocycles. The Hall–Kier alpha value is -2.69. The minimum absolute atomic E-state index is 0.00565. The van der Waals surface area contributed by atoms with Gasteiger partial charge in [0.05, 0.1) is 11.5 Å². The van der Waals surface area contributed by atoms with Crippen LogP contribution in [0, 0.1) is 18.7 Å². The monoisotopic (exact) mass is 382 g/mol. The average Bonchev–Trinajstić information content (AvgIpc) is 2.63. The first-order chi connectivity index (χ1) is 13.2. The number of nitrogens with zero attached hydrogens (tertiary/aromatic N) is 1. The fourth-order valence-electron chi connectivity index (χ4n) is 3.59. The van der Waals surface area contributed by atoms with E-state index in [-0.39, 0.29) is 23.5 Å². The molecule has 1 atom stereocenters. The molecule has 1 aliphatic rings. The lowest BCUT2D eigenvalue weighted by Gasteiger charge is -2.35. The molecular weight excluding hydrogens is 355 g/mol. The molecule has 5 heteroatoms. The molecule has 28 heavy (non-hydrogen) atoms. The van der Waals surface area contributed by atoms with Gasteiger partial charge in [-0.15, -0.1) is 0 Å². The maximum atomic E-state index is 13.4. The molecule has 1 N–H and O–H groups in total. The van der Waals surface area contributed by atoms with Gasteiger partial charge in [0.2, 0.25) is 11.8 Å². The highest BCUT2D eigenvalue weighted by Crippen LogP contribution is 2.24. The van der Waals surface area contributed by atoms with Crippen LogP contribution in [0.1, 0.15) is 43.4 Å².